The van der Waals surface area contributed by atoms with E-state index >= 15 is 0 Å². The number of nitrogens with zero attached hydrogens (tertiary/aromatic N) is 1. The van der Waals surface area contributed by atoms with E-state index in [4.69, 9.17) is 6.42 Å². The summed E-state index contributed by atoms with van der Waals surface area (Å²) >= 11 is 2.17. The van der Waals surface area contributed by atoms with E-state index < -0.39 is 0 Å². The highest BCUT2D eigenvalue weighted by Gasteiger charge is 1.86. The summed E-state index contributed by atoms with van der Waals surface area (Å²) < 4.78 is 1.07. The van der Waals surface area contributed by atoms with Gasteiger partial charge in [-0.3, -0.25) is 4.98 Å². The second-order valence-corrected chi connectivity index (χ2v) is 2.78. The lowest BCUT2D eigenvalue weighted by Gasteiger charge is -1.88. The molecule has 9 heavy (non-hydrogen) atoms. The van der Waals surface area contributed by atoms with Gasteiger partial charge in [-0.25, -0.2) is 0 Å². The molecule has 2 heteroatoms. The van der Waals surface area contributed by atoms with Crippen LogP contribution in [0.3, 0.4) is 0 Å². The number of terminal acetylenes is 1. The van der Waals surface area contributed by atoms with Gasteiger partial charge in [-0.1, -0.05) is 5.92 Å². The Kier molecular flexibility index (Phi) is 2.06. The number of hydrogen-bond acceptors (Lipinski definition) is 1. The summed E-state index contributed by atoms with van der Waals surface area (Å²) in [6.45, 7) is 0. The standard InChI is InChI=1S/C7H4IN/c1-2-6-3-7(8)5-9-4-6/h1,3-5H. The summed E-state index contributed by atoms with van der Waals surface area (Å²) in [4.78, 5) is 3.91. The van der Waals surface area contributed by atoms with Crippen molar-refractivity contribution in [3.05, 3.63) is 27.6 Å². The Bertz CT molecular complexity index is 249. The molecule has 0 aliphatic rings. The zero-order valence-electron chi connectivity index (χ0n) is 4.63. The highest BCUT2D eigenvalue weighted by atomic mass is 127. The molecule has 0 bridgehead atoms. The highest BCUT2D eigenvalue weighted by molar-refractivity contribution is 14.1. The van der Waals surface area contributed by atoms with Crippen LogP contribution >= 0.6 is 22.6 Å². The molecule has 0 unspecified atom stereocenters. The van der Waals surface area contributed by atoms with Crippen LogP contribution in [0.15, 0.2) is 18.5 Å². The lowest BCUT2D eigenvalue weighted by molar-refractivity contribution is 1.29. The highest BCUT2D eigenvalue weighted by Crippen LogP contribution is 2.03. The van der Waals surface area contributed by atoms with Gasteiger partial charge in [-0.05, 0) is 28.7 Å². The van der Waals surface area contributed by atoms with Crippen LogP contribution in [0.5, 0.6) is 0 Å². The van der Waals surface area contributed by atoms with Crippen LogP contribution in [0.25, 0.3) is 0 Å². The summed E-state index contributed by atoms with van der Waals surface area (Å²) in [6.07, 6.45) is 8.56. The molecule has 1 aromatic rings. The minimum atomic E-state index is 0.835. The maximum absolute atomic E-state index is 5.13. The van der Waals surface area contributed by atoms with Crippen molar-refractivity contribution in [3.8, 4) is 12.3 Å². The third-order valence-electron chi connectivity index (χ3n) is 0.872. The third kappa shape index (κ3) is 1.68. The molecular weight excluding hydrogens is 225 g/mol. The van der Waals surface area contributed by atoms with E-state index in [1.807, 2.05) is 6.07 Å². The molecule has 1 heterocycles. The van der Waals surface area contributed by atoms with E-state index in [0.29, 0.717) is 0 Å². The smallest absolute Gasteiger partial charge is 0.0436 e. The molecule has 1 rings (SSSR count). The van der Waals surface area contributed by atoms with Crippen molar-refractivity contribution in [2.45, 2.75) is 0 Å². The Morgan fingerprint density at radius 3 is 2.78 bits per heavy atom. The molecule has 44 valence electrons. The summed E-state index contributed by atoms with van der Waals surface area (Å²) in [5, 5.41) is 0. The molecule has 0 fully saturated rings. The zero-order chi connectivity index (χ0) is 6.69. The van der Waals surface area contributed by atoms with Crippen LogP contribution < -0.4 is 0 Å². The van der Waals surface area contributed by atoms with Crippen LogP contribution in [-0.2, 0) is 0 Å². The van der Waals surface area contributed by atoms with E-state index in [-0.39, 0.29) is 0 Å². The summed E-state index contributed by atoms with van der Waals surface area (Å²) in [5.41, 5.74) is 0.835. The first-order valence-electron chi connectivity index (χ1n) is 2.40. The van der Waals surface area contributed by atoms with E-state index in [9.17, 15) is 0 Å². The molecule has 0 radical (unpaired) electrons. The predicted octanol–water partition coefficient (Wildman–Crippen LogP) is 1.67. The van der Waals surface area contributed by atoms with Gasteiger partial charge in [0.15, 0.2) is 0 Å². The average molecular weight is 229 g/mol. The molecule has 0 aromatic carbocycles. The lowest BCUT2D eigenvalue weighted by Crippen LogP contribution is -1.78. The van der Waals surface area contributed by atoms with Crippen LogP contribution in [0.1, 0.15) is 5.56 Å². The zero-order valence-corrected chi connectivity index (χ0v) is 6.79. The predicted molar refractivity (Wildman–Crippen MR) is 44.9 cm³/mol. The van der Waals surface area contributed by atoms with Gasteiger partial charge in [-0.2, -0.15) is 0 Å². The van der Waals surface area contributed by atoms with E-state index in [2.05, 4.69) is 33.5 Å². The Balaban J connectivity index is 3.12. The maximum Gasteiger partial charge on any atom is 0.0436 e. The topological polar surface area (TPSA) is 12.9 Å². The van der Waals surface area contributed by atoms with Crippen molar-refractivity contribution in [1.29, 1.82) is 0 Å². The first-order valence-corrected chi connectivity index (χ1v) is 3.48. The van der Waals surface area contributed by atoms with Crippen molar-refractivity contribution in [2.24, 2.45) is 0 Å². The Hall–Kier alpha value is -0.560. The fourth-order valence-corrected chi connectivity index (χ4v) is 0.987. The average Bonchev–Trinajstić information content (AvgIpc) is 1.88. The lowest BCUT2D eigenvalue weighted by atomic mass is 10.3. The van der Waals surface area contributed by atoms with Gasteiger partial charge in [0.05, 0.1) is 0 Å². The Morgan fingerprint density at radius 1 is 1.56 bits per heavy atom. The van der Waals surface area contributed by atoms with Crippen LogP contribution in [0.4, 0.5) is 0 Å². The number of halogens is 1. The van der Waals surface area contributed by atoms with E-state index in [1.54, 1.807) is 12.4 Å². The van der Waals surface area contributed by atoms with E-state index in [1.165, 1.54) is 0 Å². The molecule has 0 N–H and O–H groups in total. The Morgan fingerprint density at radius 2 is 2.33 bits per heavy atom. The first kappa shape index (κ1) is 6.56. The molecular formula is C7H4IN. The van der Waals surface area contributed by atoms with Gasteiger partial charge in [-0.15, -0.1) is 6.42 Å². The summed E-state index contributed by atoms with van der Waals surface area (Å²) in [7, 11) is 0. The molecule has 0 aliphatic heterocycles. The van der Waals surface area contributed by atoms with Gasteiger partial charge in [0.2, 0.25) is 0 Å². The second-order valence-electron chi connectivity index (χ2n) is 1.54. The van der Waals surface area contributed by atoms with Crippen LogP contribution in [0.2, 0.25) is 0 Å². The second kappa shape index (κ2) is 2.83. The van der Waals surface area contributed by atoms with Crippen molar-refractivity contribution in [1.82, 2.24) is 4.98 Å². The molecule has 0 spiro atoms. The van der Waals surface area contributed by atoms with Gasteiger partial charge >= 0.3 is 0 Å². The molecule has 0 saturated carbocycles. The van der Waals surface area contributed by atoms with Gasteiger partial charge < -0.3 is 0 Å². The van der Waals surface area contributed by atoms with Crippen molar-refractivity contribution >= 4 is 22.6 Å². The molecule has 0 amide bonds. The maximum atomic E-state index is 5.13. The van der Waals surface area contributed by atoms with Gasteiger partial charge in [0.25, 0.3) is 0 Å². The minimum Gasteiger partial charge on any atom is -0.262 e. The van der Waals surface area contributed by atoms with Crippen molar-refractivity contribution in [3.63, 3.8) is 0 Å². The van der Waals surface area contributed by atoms with Gasteiger partial charge in [0.1, 0.15) is 0 Å². The largest absolute Gasteiger partial charge is 0.262 e. The number of hydrogen-bond donors (Lipinski definition) is 0. The fraction of sp³-hybridized carbons (Fsp3) is 0. The van der Waals surface area contributed by atoms with Crippen molar-refractivity contribution < 1.29 is 0 Å². The molecule has 0 aliphatic carbocycles. The quantitative estimate of drug-likeness (QED) is 0.487. The van der Waals surface area contributed by atoms with E-state index in [0.717, 1.165) is 9.13 Å². The Labute approximate surface area is 67.6 Å². The minimum absolute atomic E-state index is 0.835. The molecule has 0 atom stereocenters. The first-order chi connectivity index (χ1) is 4.33. The molecule has 0 saturated heterocycles. The number of pyridine rings is 1. The van der Waals surface area contributed by atoms with Crippen LogP contribution in [0, 0.1) is 15.9 Å². The monoisotopic (exact) mass is 229 g/mol. The third-order valence-corrected chi connectivity index (χ3v) is 1.46. The number of aromatic nitrogens is 1. The molecule has 1 nitrogen and oxygen atoms in total. The van der Waals surface area contributed by atoms with Crippen LogP contribution in [-0.4, -0.2) is 4.98 Å². The molecule has 1 aromatic heterocycles. The fourth-order valence-electron chi connectivity index (χ4n) is 0.491. The number of rotatable bonds is 0. The summed E-state index contributed by atoms with van der Waals surface area (Å²) in [5.74, 6) is 2.50. The summed E-state index contributed by atoms with van der Waals surface area (Å²) in [6, 6.07) is 1.91. The van der Waals surface area contributed by atoms with Crippen molar-refractivity contribution in [2.75, 3.05) is 0 Å². The normalized spacial score (nSPS) is 8.44. The van der Waals surface area contributed by atoms with Gasteiger partial charge in [0, 0.05) is 21.5 Å². The SMILES string of the molecule is C#Cc1cncc(I)c1.